The molecular formula is C16H14ClFN2O2. The Morgan fingerprint density at radius 2 is 2.14 bits per heavy atom. The molecule has 0 fully saturated rings. The largest absolute Gasteiger partial charge is 0.497 e. The number of nitrogen functional groups attached to an aromatic ring is 1. The number of hydrogen-bond donors (Lipinski definition) is 1. The summed E-state index contributed by atoms with van der Waals surface area (Å²) in [5, 5.41) is 0.143. The number of ether oxygens (including phenoxy) is 1. The molecule has 0 saturated carbocycles. The predicted molar refractivity (Wildman–Crippen MR) is 84.2 cm³/mol. The molecule has 0 aliphatic carbocycles. The number of benzene rings is 2. The van der Waals surface area contributed by atoms with E-state index >= 15 is 0 Å². The summed E-state index contributed by atoms with van der Waals surface area (Å²) < 4.78 is 18.9. The van der Waals surface area contributed by atoms with Gasteiger partial charge >= 0.3 is 0 Å². The molecule has 3 rings (SSSR count). The average Bonchev–Trinajstić information content (AvgIpc) is 2.93. The van der Waals surface area contributed by atoms with Crippen LogP contribution >= 0.6 is 11.6 Å². The van der Waals surface area contributed by atoms with E-state index in [0.717, 1.165) is 23.1 Å². The first-order chi connectivity index (χ1) is 10.5. The maximum absolute atomic E-state index is 13.7. The van der Waals surface area contributed by atoms with Crippen LogP contribution in [-0.2, 0) is 6.42 Å². The van der Waals surface area contributed by atoms with Crippen LogP contribution in [0.25, 0.3) is 0 Å². The van der Waals surface area contributed by atoms with Gasteiger partial charge in [0.15, 0.2) is 0 Å². The Labute approximate surface area is 132 Å². The van der Waals surface area contributed by atoms with Crippen molar-refractivity contribution in [3.8, 4) is 5.75 Å². The van der Waals surface area contributed by atoms with Crippen LogP contribution in [0.5, 0.6) is 5.75 Å². The van der Waals surface area contributed by atoms with Crippen molar-refractivity contribution in [2.24, 2.45) is 0 Å². The molecule has 0 spiro atoms. The standard InChI is InChI=1S/C16H14ClFN2O2/c1-22-11-2-3-14-9(6-11)4-5-20(14)16(21)12-7-10(17)8-13(18)15(12)19/h2-3,6-8H,4-5,19H2,1H3. The van der Waals surface area contributed by atoms with Crippen molar-refractivity contribution in [3.63, 3.8) is 0 Å². The van der Waals surface area contributed by atoms with E-state index in [4.69, 9.17) is 22.1 Å². The quantitative estimate of drug-likeness (QED) is 0.864. The summed E-state index contributed by atoms with van der Waals surface area (Å²) in [6, 6.07) is 7.98. The Morgan fingerprint density at radius 3 is 2.86 bits per heavy atom. The number of fused-ring (bicyclic) bond motifs is 1. The number of hydrogen-bond acceptors (Lipinski definition) is 3. The zero-order chi connectivity index (χ0) is 15.9. The van der Waals surface area contributed by atoms with Gasteiger partial charge in [-0.25, -0.2) is 4.39 Å². The molecule has 0 saturated heterocycles. The fourth-order valence-corrected chi connectivity index (χ4v) is 2.83. The first kappa shape index (κ1) is 14.7. The van der Waals surface area contributed by atoms with Crippen molar-refractivity contribution in [2.75, 3.05) is 24.3 Å². The SMILES string of the molecule is COc1ccc2c(c1)CCN2C(=O)c1cc(Cl)cc(F)c1N. The number of halogens is 2. The van der Waals surface area contributed by atoms with Crippen LogP contribution in [0.3, 0.4) is 0 Å². The lowest BCUT2D eigenvalue weighted by Crippen LogP contribution is -2.29. The second kappa shape index (κ2) is 5.50. The third kappa shape index (κ3) is 2.37. The summed E-state index contributed by atoms with van der Waals surface area (Å²) in [5.74, 6) is -0.311. The first-order valence-corrected chi connectivity index (χ1v) is 7.12. The van der Waals surface area contributed by atoms with Gasteiger partial charge in [0.2, 0.25) is 0 Å². The van der Waals surface area contributed by atoms with Gasteiger partial charge in [-0.2, -0.15) is 0 Å². The molecule has 2 aromatic rings. The smallest absolute Gasteiger partial charge is 0.260 e. The summed E-state index contributed by atoms with van der Waals surface area (Å²) in [7, 11) is 1.59. The molecule has 2 N–H and O–H groups in total. The zero-order valence-corrected chi connectivity index (χ0v) is 12.7. The van der Waals surface area contributed by atoms with Gasteiger partial charge in [-0.3, -0.25) is 4.79 Å². The second-order valence-corrected chi connectivity index (χ2v) is 5.49. The molecule has 22 heavy (non-hydrogen) atoms. The van der Waals surface area contributed by atoms with E-state index in [0.29, 0.717) is 13.0 Å². The van der Waals surface area contributed by atoms with Crippen LogP contribution in [-0.4, -0.2) is 19.6 Å². The average molecular weight is 321 g/mol. The van der Waals surface area contributed by atoms with Crippen LogP contribution in [0, 0.1) is 5.82 Å². The van der Waals surface area contributed by atoms with E-state index in [1.165, 1.54) is 6.07 Å². The highest BCUT2D eigenvalue weighted by Crippen LogP contribution is 2.33. The summed E-state index contributed by atoms with van der Waals surface area (Å²) >= 11 is 5.83. The molecule has 4 nitrogen and oxygen atoms in total. The monoisotopic (exact) mass is 320 g/mol. The van der Waals surface area contributed by atoms with E-state index in [-0.39, 0.29) is 22.2 Å². The Balaban J connectivity index is 1.99. The Kier molecular flexibility index (Phi) is 3.66. The summed E-state index contributed by atoms with van der Waals surface area (Å²) in [6.45, 7) is 0.509. The molecule has 1 aliphatic heterocycles. The minimum Gasteiger partial charge on any atom is -0.497 e. The molecule has 1 heterocycles. The van der Waals surface area contributed by atoms with Gasteiger partial charge in [0.05, 0.1) is 18.4 Å². The molecule has 2 aromatic carbocycles. The summed E-state index contributed by atoms with van der Waals surface area (Å²) in [5.41, 5.74) is 7.37. The Hall–Kier alpha value is -2.27. The third-order valence-electron chi connectivity index (χ3n) is 3.75. The molecule has 114 valence electrons. The lowest BCUT2D eigenvalue weighted by molar-refractivity contribution is 0.0990. The van der Waals surface area contributed by atoms with E-state index < -0.39 is 5.82 Å². The highest BCUT2D eigenvalue weighted by molar-refractivity contribution is 6.31. The molecule has 0 bridgehead atoms. The number of carbonyl (C=O) groups excluding carboxylic acids is 1. The van der Waals surface area contributed by atoms with Crippen LogP contribution in [0.2, 0.25) is 5.02 Å². The van der Waals surface area contributed by atoms with E-state index in [1.807, 2.05) is 12.1 Å². The van der Waals surface area contributed by atoms with Crippen molar-refractivity contribution in [2.45, 2.75) is 6.42 Å². The Morgan fingerprint density at radius 1 is 1.36 bits per heavy atom. The van der Waals surface area contributed by atoms with Crippen molar-refractivity contribution in [1.29, 1.82) is 0 Å². The normalized spacial score (nSPS) is 13.1. The Bertz CT molecular complexity index is 764. The number of rotatable bonds is 2. The van der Waals surface area contributed by atoms with Crippen molar-refractivity contribution >= 4 is 28.9 Å². The topological polar surface area (TPSA) is 55.6 Å². The highest BCUT2D eigenvalue weighted by atomic mass is 35.5. The minimum absolute atomic E-state index is 0.0775. The minimum atomic E-state index is -0.690. The first-order valence-electron chi connectivity index (χ1n) is 6.74. The molecule has 0 atom stereocenters. The summed E-state index contributed by atoms with van der Waals surface area (Å²) in [4.78, 5) is 14.3. The molecule has 1 aliphatic rings. The molecule has 0 aromatic heterocycles. The van der Waals surface area contributed by atoms with Crippen molar-refractivity contribution < 1.29 is 13.9 Å². The number of amides is 1. The van der Waals surface area contributed by atoms with Gasteiger partial charge < -0.3 is 15.4 Å². The van der Waals surface area contributed by atoms with E-state index in [1.54, 1.807) is 18.1 Å². The van der Waals surface area contributed by atoms with E-state index in [2.05, 4.69) is 0 Å². The fraction of sp³-hybridized carbons (Fsp3) is 0.188. The lowest BCUT2D eigenvalue weighted by Gasteiger charge is -2.19. The maximum atomic E-state index is 13.7. The molecule has 6 heteroatoms. The van der Waals surface area contributed by atoms with Crippen molar-refractivity contribution in [1.82, 2.24) is 0 Å². The predicted octanol–water partition coefficient (Wildman–Crippen LogP) is 3.27. The van der Waals surface area contributed by atoms with Gasteiger partial charge in [-0.05, 0) is 42.3 Å². The van der Waals surface area contributed by atoms with Gasteiger partial charge in [0.25, 0.3) is 5.91 Å². The maximum Gasteiger partial charge on any atom is 0.260 e. The molecular weight excluding hydrogens is 307 g/mol. The zero-order valence-electron chi connectivity index (χ0n) is 11.9. The van der Waals surface area contributed by atoms with Gasteiger partial charge in [-0.15, -0.1) is 0 Å². The second-order valence-electron chi connectivity index (χ2n) is 5.05. The van der Waals surface area contributed by atoms with Crippen LogP contribution in [0.1, 0.15) is 15.9 Å². The fourth-order valence-electron chi connectivity index (χ4n) is 2.62. The van der Waals surface area contributed by atoms with Crippen LogP contribution < -0.4 is 15.4 Å². The van der Waals surface area contributed by atoms with Gasteiger partial charge in [0, 0.05) is 17.3 Å². The highest BCUT2D eigenvalue weighted by Gasteiger charge is 2.28. The van der Waals surface area contributed by atoms with Crippen LogP contribution in [0.4, 0.5) is 15.8 Å². The number of nitrogens with two attached hydrogens (primary N) is 1. The number of anilines is 2. The van der Waals surface area contributed by atoms with Crippen LogP contribution in [0.15, 0.2) is 30.3 Å². The lowest BCUT2D eigenvalue weighted by atomic mass is 10.1. The number of methoxy groups -OCH3 is 1. The number of carbonyl (C=O) groups is 1. The van der Waals surface area contributed by atoms with Gasteiger partial charge in [0.1, 0.15) is 11.6 Å². The molecule has 0 unspecified atom stereocenters. The van der Waals surface area contributed by atoms with Gasteiger partial charge in [-0.1, -0.05) is 11.6 Å². The third-order valence-corrected chi connectivity index (χ3v) is 3.97. The van der Waals surface area contributed by atoms with E-state index in [9.17, 15) is 9.18 Å². The molecule has 0 radical (unpaired) electrons. The van der Waals surface area contributed by atoms with Crippen molar-refractivity contribution in [3.05, 3.63) is 52.3 Å². The summed E-state index contributed by atoms with van der Waals surface area (Å²) in [6.07, 6.45) is 0.710. The molecule has 1 amide bonds. The number of nitrogens with zero attached hydrogens (tertiary/aromatic N) is 1.